The minimum Gasteiger partial charge on any atom is -0.467 e. The van der Waals surface area contributed by atoms with E-state index in [2.05, 4.69) is 9.97 Å². The van der Waals surface area contributed by atoms with Crippen LogP contribution in [0, 0.1) is 5.82 Å². The lowest BCUT2D eigenvalue weighted by Crippen LogP contribution is -2.57. The Morgan fingerprint density at radius 3 is 1.77 bits per heavy atom. The largest absolute Gasteiger partial charge is 0.467 e. The van der Waals surface area contributed by atoms with Crippen LogP contribution in [0.3, 0.4) is 0 Å². The van der Waals surface area contributed by atoms with Gasteiger partial charge in [-0.2, -0.15) is 14.4 Å². The Bertz CT molecular complexity index is 1160. The third kappa shape index (κ3) is 9.27. The molecule has 0 saturated heterocycles. The maximum atomic E-state index is 16.1. The summed E-state index contributed by atoms with van der Waals surface area (Å²) in [6, 6.07) is 3.32. The highest BCUT2D eigenvalue weighted by Crippen LogP contribution is 2.31. The van der Waals surface area contributed by atoms with Crippen molar-refractivity contribution in [1.29, 1.82) is 0 Å². The van der Waals surface area contributed by atoms with E-state index in [0.29, 0.717) is 5.76 Å². The Morgan fingerprint density at radius 1 is 0.872 bits per heavy atom. The van der Waals surface area contributed by atoms with Crippen LogP contribution < -0.4 is 9.91 Å². The van der Waals surface area contributed by atoms with Gasteiger partial charge in [-0.3, -0.25) is 0 Å². The van der Waals surface area contributed by atoms with E-state index in [4.69, 9.17) is 30.2 Å². The molecule has 2 rings (SSSR count). The lowest BCUT2D eigenvalue weighted by molar-refractivity contribution is -0.00704. The lowest BCUT2D eigenvalue weighted by atomic mass is 10.2. The van der Waals surface area contributed by atoms with Crippen LogP contribution in [-0.4, -0.2) is 57.1 Å². The van der Waals surface area contributed by atoms with Crippen LogP contribution in [0.2, 0.25) is 5.28 Å². The molecule has 2 heterocycles. The second-order valence-electron chi connectivity index (χ2n) is 11.5. The fourth-order valence-electron chi connectivity index (χ4n) is 2.92. The van der Waals surface area contributed by atoms with Crippen molar-refractivity contribution >= 4 is 41.5 Å². The van der Waals surface area contributed by atoms with Gasteiger partial charge in [0.1, 0.15) is 22.6 Å². The molecule has 216 valence electrons. The number of hydrogen-bond acceptors (Lipinski definition) is 10. The molecule has 0 N–H and O–H groups in total. The molecule has 3 amide bonds. The number of ether oxygens (including phenoxy) is 3. The van der Waals surface area contributed by atoms with Crippen LogP contribution in [0.1, 0.15) is 68.1 Å². The Hall–Kier alpha value is -3.61. The van der Waals surface area contributed by atoms with Crippen molar-refractivity contribution in [2.75, 3.05) is 17.0 Å². The highest BCUT2D eigenvalue weighted by Gasteiger charge is 2.44. The van der Waals surface area contributed by atoms with Crippen molar-refractivity contribution in [3.05, 3.63) is 35.3 Å². The third-order valence-electron chi connectivity index (χ3n) is 4.22. The quantitative estimate of drug-likeness (QED) is 0.233. The molecular formula is C25H35ClFN5O7. The van der Waals surface area contributed by atoms with Crippen molar-refractivity contribution in [2.24, 2.45) is 0 Å². The molecule has 0 aliphatic rings. The molecule has 0 aromatic carbocycles. The predicted molar refractivity (Wildman–Crippen MR) is 141 cm³/mol. The second-order valence-corrected chi connectivity index (χ2v) is 11.8. The molecule has 0 radical (unpaired) electrons. The van der Waals surface area contributed by atoms with Gasteiger partial charge in [-0.1, -0.05) is 0 Å². The van der Waals surface area contributed by atoms with Crippen LogP contribution in [-0.2, 0) is 20.8 Å². The van der Waals surface area contributed by atoms with Crippen LogP contribution in [0.4, 0.5) is 30.4 Å². The molecule has 0 unspecified atom stereocenters. The number of imide groups is 1. The molecule has 39 heavy (non-hydrogen) atoms. The molecular weight excluding hydrogens is 537 g/mol. The fourth-order valence-corrected chi connectivity index (χ4v) is 3.08. The fraction of sp³-hybridized carbons (Fsp3) is 0.560. The summed E-state index contributed by atoms with van der Waals surface area (Å²) in [6.45, 7) is 13.9. The number of carbonyl (C=O) groups excluding carboxylic acids is 3. The molecule has 0 saturated carbocycles. The number of hydrogen-bond donors (Lipinski definition) is 0. The minimum atomic E-state index is -1.36. The monoisotopic (exact) mass is 571 g/mol. The maximum absolute atomic E-state index is 16.1. The van der Waals surface area contributed by atoms with E-state index in [1.165, 1.54) is 18.2 Å². The summed E-state index contributed by atoms with van der Waals surface area (Å²) in [7, 11) is 1.49. The molecule has 0 bridgehead atoms. The second kappa shape index (κ2) is 11.6. The normalized spacial score (nSPS) is 12.0. The molecule has 0 aliphatic carbocycles. The zero-order chi connectivity index (χ0) is 29.9. The zero-order valence-electron chi connectivity index (χ0n) is 23.8. The first-order chi connectivity index (χ1) is 17.7. The van der Waals surface area contributed by atoms with Gasteiger partial charge >= 0.3 is 18.3 Å². The van der Waals surface area contributed by atoms with Gasteiger partial charge < -0.3 is 23.5 Å². The Kier molecular flexibility index (Phi) is 9.43. The number of carbonyl (C=O) groups is 3. The van der Waals surface area contributed by atoms with Gasteiger partial charge in [-0.25, -0.2) is 14.4 Å². The van der Waals surface area contributed by atoms with E-state index in [-0.39, 0.29) is 22.4 Å². The summed E-state index contributed by atoms with van der Waals surface area (Å²) >= 11 is 6.14. The first kappa shape index (κ1) is 31.6. The third-order valence-corrected chi connectivity index (χ3v) is 4.39. The topological polar surface area (TPSA) is 128 Å². The Balaban J connectivity index is 2.76. The van der Waals surface area contributed by atoms with Gasteiger partial charge in [-0.05, 0) is 86.0 Å². The first-order valence-electron chi connectivity index (χ1n) is 11.9. The number of anilines is 2. The van der Waals surface area contributed by atoms with E-state index >= 15 is 4.39 Å². The zero-order valence-corrected chi connectivity index (χ0v) is 24.5. The van der Waals surface area contributed by atoms with Gasteiger partial charge in [0, 0.05) is 7.05 Å². The van der Waals surface area contributed by atoms with Crippen LogP contribution in [0.15, 0.2) is 22.8 Å². The van der Waals surface area contributed by atoms with Crippen LogP contribution >= 0.6 is 11.6 Å². The molecule has 0 atom stereocenters. The number of furan rings is 1. The van der Waals surface area contributed by atoms with E-state index in [1.54, 1.807) is 74.4 Å². The molecule has 2 aromatic heterocycles. The number of hydrazine groups is 1. The van der Waals surface area contributed by atoms with Gasteiger partial charge in [0.05, 0.1) is 12.8 Å². The predicted octanol–water partition coefficient (Wildman–Crippen LogP) is 6.33. The van der Waals surface area contributed by atoms with Gasteiger partial charge in [-0.15, -0.1) is 10.0 Å². The van der Waals surface area contributed by atoms with Crippen molar-refractivity contribution in [1.82, 2.24) is 15.0 Å². The molecule has 0 aliphatic heterocycles. The standard InChI is InChI=1S/C25H35ClFN5O7/c1-23(2,3)37-20(33)31(32(21(34)38-24(4,5)6)22(35)39-25(7,8)9)18-16(27)17(28-19(26)29-18)30(10)14-15-12-11-13-36-15/h11-13H,14H2,1-10H3. The van der Waals surface area contributed by atoms with Crippen molar-refractivity contribution in [3.8, 4) is 0 Å². The molecule has 14 heteroatoms. The summed E-state index contributed by atoms with van der Waals surface area (Å²) in [6.07, 6.45) is -2.61. The average molecular weight is 572 g/mol. The van der Waals surface area contributed by atoms with Gasteiger partial charge in [0.2, 0.25) is 16.9 Å². The summed E-state index contributed by atoms with van der Waals surface area (Å²) < 4.78 is 37.5. The first-order valence-corrected chi connectivity index (χ1v) is 12.3. The highest BCUT2D eigenvalue weighted by molar-refractivity contribution is 6.28. The van der Waals surface area contributed by atoms with Crippen molar-refractivity contribution in [2.45, 2.75) is 85.7 Å². The number of nitrogens with zero attached hydrogens (tertiary/aromatic N) is 5. The van der Waals surface area contributed by atoms with Crippen LogP contribution in [0.25, 0.3) is 0 Å². The smallest absolute Gasteiger partial charge is 0.440 e. The Labute approximate surface area is 231 Å². The summed E-state index contributed by atoms with van der Waals surface area (Å²) in [5, 5.41) is -0.0436. The molecule has 0 fully saturated rings. The number of aromatic nitrogens is 2. The SMILES string of the molecule is CN(Cc1ccco1)c1nc(Cl)nc(N(C(=O)OC(C)(C)C)N(C(=O)OC(C)(C)C)C(=O)OC(C)(C)C)c1F. The number of rotatable bonds is 4. The lowest BCUT2D eigenvalue weighted by Gasteiger charge is -2.35. The maximum Gasteiger partial charge on any atom is 0.440 e. The summed E-state index contributed by atoms with van der Waals surface area (Å²) in [5.41, 5.74) is -3.37. The van der Waals surface area contributed by atoms with Crippen LogP contribution in [0.5, 0.6) is 0 Å². The van der Waals surface area contributed by atoms with E-state index < -0.39 is 52.0 Å². The number of amides is 3. The summed E-state index contributed by atoms with van der Waals surface area (Å²) in [5.74, 6) is -1.94. The number of halogens is 2. The van der Waals surface area contributed by atoms with Crippen molar-refractivity contribution < 1.29 is 37.4 Å². The summed E-state index contributed by atoms with van der Waals surface area (Å²) in [4.78, 5) is 49.3. The van der Waals surface area contributed by atoms with Gasteiger partial charge in [0.15, 0.2) is 5.82 Å². The van der Waals surface area contributed by atoms with Crippen molar-refractivity contribution in [3.63, 3.8) is 0 Å². The molecule has 12 nitrogen and oxygen atoms in total. The molecule has 0 spiro atoms. The van der Waals surface area contributed by atoms with E-state index in [0.717, 1.165) is 0 Å². The highest BCUT2D eigenvalue weighted by atomic mass is 35.5. The van der Waals surface area contributed by atoms with Gasteiger partial charge in [0.25, 0.3) is 0 Å². The Morgan fingerprint density at radius 2 is 1.33 bits per heavy atom. The van der Waals surface area contributed by atoms with E-state index in [9.17, 15) is 14.4 Å². The molecule has 2 aromatic rings. The van der Waals surface area contributed by atoms with E-state index in [1.807, 2.05) is 0 Å². The average Bonchev–Trinajstić information content (AvgIpc) is 3.22. The minimum absolute atomic E-state index is 0.0605.